The lowest BCUT2D eigenvalue weighted by Gasteiger charge is -2.33. The van der Waals surface area contributed by atoms with Gasteiger partial charge in [0.15, 0.2) is 0 Å². The number of amides is 1. The van der Waals surface area contributed by atoms with Gasteiger partial charge in [-0.05, 0) is 61.8 Å². The molecule has 28 heavy (non-hydrogen) atoms. The number of likely N-dealkylation sites (tertiary alicyclic amines) is 1. The van der Waals surface area contributed by atoms with Gasteiger partial charge in [-0.3, -0.25) is 9.36 Å². The normalized spacial score (nSPS) is 16.9. The molecule has 6 heteroatoms. The smallest absolute Gasteiger partial charge is 0.254 e. The zero-order valence-corrected chi connectivity index (χ0v) is 16.2. The molecule has 1 aromatic carbocycles. The second-order valence-corrected chi connectivity index (χ2v) is 7.50. The molecule has 3 aromatic rings. The van der Waals surface area contributed by atoms with Crippen molar-refractivity contribution in [1.29, 1.82) is 0 Å². The molecule has 0 saturated carbocycles. The van der Waals surface area contributed by atoms with Gasteiger partial charge in [-0.15, -0.1) is 10.2 Å². The van der Waals surface area contributed by atoms with Crippen molar-refractivity contribution in [2.45, 2.75) is 32.6 Å². The molecule has 0 N–H and O–H groups in total. The summed E-state index contributed by atoms with van der Waals surface area (Å²) in [6, 6.07) is 12.2. The predicted octanol–water partition coefficient (Wildman–Crippen LogP) is 3.46. The van der Waals surface area contributed by atoms with E-state index in [0.29, 0.717) is 17.3 Å². The molecule has 1 saturated heterocycles. The fourth-order valence-electron chi connectivity index (χ4n) is 3.93. The fraction of sp³-hybridized carbons (Fsp3) is 0.364. The largest absolute Gasteiger partial charge is 0.338 e. The van der Waals surface area contributed by atoms with Gasteiger partial charge in [-0.2, -0.15) is 0 Å². The Morgan fingerprint density at radius 3 is 2.82 bits per heavy atom. The number of hydrogen-bond donors (Lipinski definition) is 0. The summed E-state index contributed by atoms with van der Waals surface area (Å²) in [5.41, 5.74) is 3.43. The summed E-state index contributed by atoms with van der Waals surface area (Å²) >= 11 is 0. The molecule has 6 nitrogen and oxygen atoms in total. The first-order valence-corrected chi connectivity index (χ1v) is 9.85. The Balaban J connectivity index is 1.41. The van der Waals surface area contributed by atoms with Crippen LogP contribution in [-0.4, -0.2) is 43.6 Å². The Bertz CT molecular complexity index is 938. The van der Waals surface area contributed by atoms with Crippen molar-refractivity contribution in [3.8, 4) is 5.82 Å². The maximum absolute atomic E-state index is 13.1. The maximum atomic E-state index is 13.1. The second-order valence-electron chi connectivity index (χ2n) is 7.50. The number of carbonyl (C=O) groups is 1. The minimum atomic E-state index is 0.0808. The Kier molecular flexibility index (Phi) is 5.46. The zero-order valence-electron chi connectivity index (χ0n) is 16.2. The average molecular weight is 375 g/mol. The van der Waals surface area contributed by atoms with E-state index in [2.05, 4.69) is 46.4 Å². The van der Waals surface area contributed by atoms with Gasteiger partial charge in [0.1, 0.15) is 18.5 Å². The van der Waals surface area contributed by atoms with E-state index < -0.39 is 0 Å². The van der Waals surface area contributed by atoms with E-state index in [1.54, 1.807) is 29.5 Å². The Morgan fingerprint density at radius 2 is 2.00 bits per heavy atom. The minimum Gasteiger partial charge on any atom is -0.338 e. The molecule has 0 spiro atoms. The van der Waals surface area contributed by atoms with Crippen molar-refractivity contribution in [3.63, 3.8) is 0 Å². The molecule has 0 aliphatic carbocycles. The van der Waals surface area contributed by atoms with Crippen molar-refractivity contribution in [3.05, 3.63) is 71.9 Å². The van der Waals surface area contributed by atoms with Crippen molar-refractivity contribution >= 4 is 5.91 Å². The lowest BCUT2D eigenvalue weighted by Crippen LogP contribution is -2.40. The molecule has 3 heterocycles. The van der Waals surface area contributed by atoms with E-state index in [9.17, 15) is 4.79 Å². The summed E-state index contributed by atoms with van der Waals surface area (Å²) in [6.07, 6.45) is 9.29. The van der Waals surface area contributed by atoms with Crippen LogP contribution in [0.4, 0.5) is 0 Å². The van der Waals surface area contributed by atoms with Gasteiger partial charge in [-0.25, -0.2) is 4.98 Å². The maximum Gasteiger partial charge on any atom is 0.254 e. The van der Waals surface area contributed by atoms with E-state index in [1.807, 2.05) is 11.0 Å². The van der Waals surface area contributed by atoms with E-state index in [4.69, 9.17) is 0 Å². The number of nitrogens with zero attached hydrogens (tertiary/aromatic N) is 5. The highest BCUT2D eigenvalue weighted by atomic mass is 16.2. The fourth-order valence-corrected chi connectivity index (χ4v) is 3.93. The molecule has 1 amide bonds. The van der Waals surface area contributed by atoms with E-state index in [1.165, 1.54) is 17.5 Å². The van der Waals surface area contributed by atoms with E-state index in [0.717, 1.165) is 32.4 Å². The molecule has 1 aliphatic heterocycles. The number of aryl methyl sites for hydroxylation is 2. The molecule has 2 aromatic heterocycles. The Morgan fingerprint density at radius 1 is 1.18 bits per heavy atom. The lowest BCUT2D eigenvalue weighted by molar-refractivity contribution is 0.0668. The molecular weight excluding hydrogens is 350 g/mol. The van der Waals surface area contributed by atoms with Gasteiger partial charge in [0.2, 0.25) is 0 Å². The van der Waals surface area contributed by atoms with Crippen LogP contribution in [0.2, 0.25) is 0 Å². The Labute approximate surface area is 165 Å². The van der Waals surface area contributed by atoms with E-state index in [-0.39, 0.29) is 5.91 Å². The molecule has 4 rings (SSSR count). The molecule has 1 atom stereocenters. The van der Waals surface area contributed by atoms with Crippen LogP contribution in [0.25, 0.3) is 5.82 Å². The van der Waals surface area contributed by atoms with Gasteiger partial charge in [0, 0.05) is 24.8 Å². The average Bonchev–Trinajstić information content (AvgIpc) is 3.28. The third-order valence-corrected chi connectivity index (χ3v) is 5.57. The molecule has 1 unspecified atom stereocenters. The number of pyridine rings is 1. The van der Waals surface area contributed by atoms with E-state index >= 15 is 0 Å². The SMILES string of the molecule is Cc1ccccc1CCC1CCCN(C(=O)c2ccnc(-n3cnnc3)c2)C1. The molecule has 0 radical (unpaired) electrons. The van der Waals surface area contributed by atoms with Crippen LogP contribution in [0, 0.1) is 12.8 Å². The molecular formula is C22H25N5O. The van der Waals surface area contributed by atoms with Crippen molar-refractivity contribution in [1.82, 2.24) is 24.6 Å². The minimum absolute atomic E-state index is 0.0808. The quantitative estimate of drug-likeness (QED) is 0.685. The summed E-state index contributed by atoms with van der Waals surface area (Å²) in [5.74, 6) is 1.29. The molecule has 1 fully saturated rings. The highest BCUT2D eigenvalue weighted by Gasteiger charge is 2.24. The number of piperidine rings is 1. The van der Waals surface area contributed by atoms with Crippen molar-refractivity contribution < 1.29 is 4.79 Å². The molecule has 1 aliphatic rings. The summed E-state index contributed by atoms with van der Waals surface area (Å²) in [6.45, 7) is 3.82. The number of hydrogen-bond acceptors (Lipinski definition) is 4. The number of aromatic nitrogens is 4. The van der Waals surface area contributed by atoms with Crippen LogP contribution in [0.1, 0.15) is 40.7 Å². The lowest BCUT2D eigenvalue weighted by atomic mass is 9.90. The van der Waals surface area contributed by atoms with Gasteiger partial charge in [0.05, 0.1) is 0 Å². The number of rotatable bonds is 5. The van der Waals surface area contributed by atoms with Crippen molar-refractivity contribution in [2.75, 3.05) is 13.1 Å². The third-order valence-electron chi connectivity index (χ3n) is 5.57. The molecule has 144 valence electrons. The second kappa shape index (κ2) is 8.33. The summed E-state index contributed by atoms with van der Waals surface area (Å²) < 4.78 is 1.71. The first-order valence-electron chi connectivity index (χ1n) is 9.85. The van der Waals surface area contributed by atoms with Gasteiger partial charge >= 0.3 is 0 Å². The summed E-state index contributed by atoms with van der Waals surface area (Å²) in [7, 11) is 0. The standard InChI is InChI=1S/C22H25N5O/c1-17-5-2-3-7-19(17)9-8-18-6-4-12-26(14-18)22(28)20-10-11-23-21(13-20)27-15-24-25-16-27/h2-3,5,7,10-11,13,15-16,18H,4,6,8-9,12,14H2,1H3. The predicted molar refractivity (Wildman–Crippen MR) is 107 cm³/mol. The van der Waals surface area contributed by atoms with Crippen LogP contribution in [0.5, 0.6) is 0 Å². The van der Waals surface area contributed by atoms with Gasteiger partial charge < -0.3 is 4.90 Å². The van der Waals surface area contributed by atoms with Crippen LogP contribution in [0.3, 0.4) is 0 Å². The van der Waals surface area contributed by atoms with Gasteiger partial charge in [-0.1, -0.05) is 24.3 Å². The highest BCUT2D eigenvalue weighted by molar-refractivity contribution is 5.94. The summed E-state index contributed by atoms with van der Waals surface area (Å²) in [4.78, 5) is 19.4. The van der Waals surface area contributed by atoms with Gasteiger partial charge in [0.25, 0.3) is 5.91 Å². The third kappa shape index (κ3) is 4.11. The topological polar surface area (TPSA) is 63.9 Å². The highest BCUT2D eigenvalue weighted by Crippen LogP contribution is 2.24. The van der Waals surface area contributed by atoms with Crippen LogP contribution in [0.15, 0.2) is 55.2 Å². The monoisotopic (exact) mass is 375 g/mol. The van der Waals surface area contributed by atoms with Crippen LogP contribution in [-0.2, 0) is 6.42 Å². The number of carbonyl (C=O) groups excluding carboxylic acids is 1. The number of benzene rings is 1. The van der Waals surface area contributed by atoms with Crippen molar-refractivity contribution in [2.24, 2.45) is 5.92 Å². The Hall–Kier alpha value is -3.02. The molecule has 0 bridgehead atoms. The van der Waals surface area contributed by atoms with Crippen LogP contribution >= 0.6 is 0 Å². The zero-order chi connectivity index (χ0) is 19.3. The summed E-state index contributed by atoms with van der Waals surface area (Å²) in [5, 5.41) is 7.60. The first kappa shape index (κ1) is 18.3. The van der Waals surface area contributed by atoms with Crippen LogP contribution < -0.4 is 0 Å². The first-order chi connectivity index (χ1) is 13.7.